The van der Waals surface area contributed by atoms with Gasteiger partial charge in [0, 0.05) is 16.3 Å². The molecule has 0 aliphatic heterocycles. The maximum Gasteiger partial charge on any atom is 0.161 e. The molecule has 1 aromatic carbocycles. The fraction of sp³-hybridized carbons (Fsp3) is 0.0909. The van der Waals surface area contributed by atoms with Crippen LogP contribution in [-0.2, 0) is 0 Å². The van der Waals surface area contributed by atoms with Crippen molar-refractivity contribution in [2.45, 2.75) is 6.92 Å². The average molecular weight is 239 g/mol. The van der Waals surface area contributed by atoms with E-state index in [1.54, 1.807) is 18.2 Å². The highest BCUT2D eigenvalue weighted by Crippen LogP contribution is 2.19. The van der Waals surface area contributed by atoms with E-state index in [4.69, 9.17) is 23.2 Å². The predicted octanol–water partition coefficient (Wildman–Crippen LogP) is 3.76. The van der Waals surface area contributed by atoms with E-state index in [1.165, 1.54) is 0 Å². The molecule has 0 saturated heterocycles. The standard InChI is InChI=1S/C11H8Cl2N2/c1-7-6-10(13)15-11(14-7)8-2-4-9(12)5-3-8/h2-6H,1H3. The first-order valence-electron chi connectivity index (χ1n) is 4.42. The number of nitrogens with zero attached hydrogens (tertiary/aromatic N) is 2. The summed E-state index contributed by atoms with van der Waals surface area (Å²) in [5.74, 6) is 0.622. The first-order valence-corrected chi connectivity index (χ1v) is 5.18. The zero-order valence-electron chi connectivity index (χ0n) is 8.04. The van der Waals surface area contributed by atoms with Crippen molar-refractivity contribution in [3.05, 3.63) is 46.2 Å². The summed E-state index contributed by atoms with van der Waals surface area (Å²) < 4.78 is 0. The fourth-order valence-corrected chi connectivity index (χ4v) is 1.62. The van der Waals surface area contributed by atoms with Crippen molar-refractivity contribution in [2.75, 3.05) is 0 Å². The Bertz CT molecular complexity index is 460. The number of rotatable bonds is 1. The monoisotopic (exact) mass is 238 g/mol. The second-order valence-corrected chi connectivity index (χ2v) is 3.99. The van der Waals surface area contributed by atoms with Crippen molar-refractivity contribution < 1.29 is 0 Å². The SMILES string of the molecule is Cc1cc(Cl)nc(-c2ccc(Cl)cc2)n1. The molecular formula is C11H8Cl2N2. The molecule has 0 amide bonds. The Morgan fingerprint density at radius 1 is 1.00 bits per heavy atom. The van der Waals surface area contributed by atoms with Gasteiger partial charge in [-0.25, -0.2) is 9.97 Å². The topological polar surface area (TPSA) is 25.8 Å². The molecule has 2 aromatic rings. The van der Waals surface area contributed by atoms with Gasteiger partial charge < -0.3 is 0 Å². The van der Waals surface area contributed by atoms with Crippen molar-refractivity contribution in [1.82, 2.24) is 9.97 Å². The van der Waals surface area contributed by atoms with Crippen LogP contribution in [0.4, 0.5) is 0 Å². The van der Waals surface area contributed by atoms with Gasteiger partial charge in [-0.1, -0.05) is 23.2 Å². The largest absolute Gasteiger partial charge is 0.233 e. The molecule has 2 rings (SSSR count). The van der Waals surface area contributed by atoms with Crippen LogP contribution in [-0.4, -0.2) is 9.97 Å². The van der Waals surface area contributed by atoms with E-state index in [1.807, 2.05) is 19.1 Å². The molecule has 2 nitrogen and oxygen atoms in total. The molecule has 15 heavy (non-hydrogen) atoms. The van der Waals surface area contributed by atoms with Crippen LogP contribution >= 0.6 is 23.2 Å². The van der Waals surface area contributed by atoms with Gasteiger partial charge in [-0.2, -0.15) is 0 Å². The third kappa shape index (κ3) is 2.46. The molecule has 0 atom stereocenters. The summed E-state index contributed by atoms with van der Waals surface area (Å²) in [6.45, 7) is 1.88. The van der Waals surface area contributed by atoms with Crippen LogP contribution in [0.3, 0.4) is 0 Å². The van der Waals surface area contributed by atoms with Crippen molar-refractivity contribution in [2.24, 2.45) is 0 Å². The van der Waals surface area contributed by atoms with Crippen molar-refractivity contribution in [3.63, 3.8) is 0 Å². The van der Waals surface area contributed by atoms with Gasteiger partial charge in [0.15, 0.2) is 5.82 Å². The second-order valence-electron chi connectivity index (χ2n) is 3.16. The Kier molecular flexibility index (Phi) is 2.89. The van der Waals surface area contributed by atoms with Crippen molar-refractivity contribution in [3.8, 4) is 11.4 Å². The van der Waals surface area contributed by atoms with Crippen molar-refractivity contribution >= 4 is 23.2 Å². The highest BCUT2D eigenvalue weighted by molar-refractivity contribution is 6.30. The van der Waals surface area contributed by atoms with Crippen LogP contribution in [0, 0.1) is 6.92 Å². The molecule has 0 N–H and O–H groups in total. The van der Waals surface area contributed by atoms with Gasteiger partial charge in [-0.3, -0.25) is 0 Å². The third-order valence-corrected chi connectivity index (χ3v) is 2.37. The molecule has 0 saturated carbocycles. The lowest BCUT2D eigenvalue weighted by atomic mass is 10.2. The molecule has 0 radical (unpaired) electrons. The summed E-state index contributed by atoms with van der Waals surface area (Å²) in [4.78, 5) is 8.44. The van der Waals surface area contributed by atoms with Gasteiger partial charge in [0.05, 0.1) is 0 Å². The predicted molar refractivity (Wildman–Crippen MR) is 62.2 cm³/mol. The highest BCUT2D eigenvalue weighted by Gasteiger charge is 2.03. The van der Waals surface area contributed by atoms with Crippen LogP contribution in [0.15, 0.2) is 30.3 Å². The maximum absolute atomic E-state index is 5.85. The summed E-state index contributed by atoms with van der Waals surface area (Å²) >= 11 is 11.6. The van der Waals surface area contributed by atoms with Gasteiger partial charge in [0.25, 0.3) is 0 Å². The molecule has 0 fully saturated rings. The number of hydrogen-bond donors (Lipinski definition) is 0. The van der Waals surface area contributed by atoms with Crippen LogP contribution in [0.5, 0.6) is 0 Å². The molecule has 1 aromatic heterocycles. The minimum Gasteiger partial charge on any atom is -0.233 e. The number of benzene rings is 1. The molecule has 0 aliphatic carbocycles. The summed E-state index contributed by atoms with van der Waals surface area (Å²) in [6, 6.07) is 9.06. The number of aryl methyl sites for hydroxylation is 1. The molecule has 0 bridgehead atoms. The molecule has 0 spiro atoms. The normalized spacial score (nSPS) is 10.3. The van der Waals surface area contributed by atoms with E-state index in [2.05, 4.69) is 9.97 Å². The lowest BCUT2D eigenvalue weighted by Gasteiger charge is -2.02. The average Bonchev–Trinajstić information content (AvgIpc) is 2.17. The number of aromatic nitrogens is 2. The number of hydrogen-bond acceptors (Lipinski definition) is 2. The maximum atomic E-state index is 5.85. The number of halogens is 2. The van der Waals surface area contributed by atoms with E-state index in [0.717, 1.165) is 11.3 Å². The molecule has 4 heteroatoms. The van der Waals surface area contributed by atoms with Crippen LogP contribution in [0.1, 0.15) is 5.69 Å². The zero-order chi connectivity index (χ0) is 10.8. The summed E-state index contributed by atoms with van der Waals surface area (Å²) in [6.07, 6.45) is 0. The fourth-order valence-electron chi connectivity index (χ4n) is 1.26. The minimum atomic E-state index is 0.451. The lowest BCUT2D eigenvalue weighted by Crippen LogP contribution is -1.91. The Hall–Kier alpha value is -1.12. The molecular weight excluding hydrogens is 231 g/mol. The van der Waals surface area contributed by atoms with E-state index >= 15 is 0 Å². The van der Waals surface area contributed by atoms with Gasteiger partial charge in [0.1, 0.15) is 5.15 Å². The Labute approximate surface area is 97.9 Å². The van der Waals surface area contributed by atoms with Crippen LogP contribution in [0.25, 0.3) is 11.4 Å². The first-order chi connectivity index (χ1) is 7.15. The lowest BCUT2D eigenvalue weighted by molar-refractivity contribution is 1.11. The van der Waals surface area contributed by atoms with Crippen molar-refractivity contribution in [1.29, 1.82) is 0 Å². The van der Waals surface area contributed by atoms with E-state index < -0.39 is 0 Å². The Morgan fingerprint density at radius 2 is 1.67 bits per heavy atom. The van der Waals surface area contributed by atoms with Gasteiger partial charge >= 0.3 is 0 Å². The highest BCUT2D eigenvalue weighted by atomic mass is 35.5. The Balaban J connectivity index is 2.49. The van der Waals surface area contributed by atoms with Gasteiger partial charge in [-0.05, 0) is 37.3 Å². The van der Waals surface area contributed by atoms with Crippen LogP contribution in [0.2, 0.25) is 10.2 Å². The molecule has 76 valence electrons. The van der Waals surface area contributed by atoms with E-state index in [9.17, 15) is 0 Å². The van der Waals surface area contributed by atoms with Crippen LogP contribution < -0.4 is 0 Å². The summed E-state index contributed by atoms with van der Waals surface area (Å²) in [7, 11) is 0. The minimum absolute atomic E-state index is 0.451. The third-order valence-electron chi connectivity index (χ3n) is 1.93. The quantitative estimate of drug-likeness (QED) is 0.708. The molecule has 0 unspecified atom stereocenters. The smallest absolute Gasteiger partial charge is 0.161 e. The Morgan fingerprint density at radius 3 is 2.27 bits per heavy atom. The molecule has 1 heterocycles. The van der Waals surface area contributed by atoms with E-state index in [-0.39, 0.29) is 0 Å². The zero-order valence-corrected chi connectivity index (χ0v) is 9.55. The molecule has 0 aliphatic rings. The summed E-state index contributed by atoms with van der Waals surface area (Å²) in [5, 5.41) is 1.14. The first kappa shape index (κ1) is 10.4. The van der Waals surface area contributed by atoms with E-state index in [0.29, 0.717) is 16.0 Å². The van der Waals surface area contributed by atoms with Gasteiger partial charge in [0.2, 0.25) is 0 Å². The second kappa shape index (κ2) is 4.17. The van der Waals surface area contributed by atoms with Gasteiger partial charge in [-0.15, -0.1) is 0 Å². The summed E-state index contributed by atoms with van der Waals surface area (Å²) in [5.41, 5.74) is 1.75.